The van der Waals surface area contributed by atoms with Crippen LogP contribution < -0.4 is 4.90 Å². The van der Waals surface area contributed by atoms with Crippen LogP contribution in [0.4, 0.5) is 5.69 Å². The number of fused-ring (bicyclic) bond motifs is 1. The fourth-order valence-corrected chi connectivity index (χ4v) is 4.60. The molecule has 0 radical (unpaired) electrons. The summed E-state index contributed by atoms with van der Waals surface area (Å²) >= 11 is 0. The van der Waals surface area contributed by atoms with E-state index in [0.29, 0.717) is 13.1 Å². The van der Waals surface area contributed by atoms with Gasteiger partial charge in [-0.15, -0.1) is 0 Å². The third kappa shape index (κ3) is 3.36. The van der Waals surface area contributed by atoms with Crippen LogP contribution >= 0.6 is 0 Å². The summed E-state index contributed by atoms with van der Waals surface area (Å²) < 4.78 is 6.52. The minimum atomic E-state index is -0.204. The van der Waals surface area contributed by atoms with Gasteiger partial charge in [0.15, 0.2) is 0 Å². The zero-order chi connectivity index (χ0) is 19.0. The number of hydrogen-bond donors (Lipinski definition) is 0. The SMILES string of the molecule is O=C1CN(Cc2ccccn2)CC2OC3(CCN(c4ccncc4)CC3)CN12. The molecule has 5 heterocycles. The summed E-state index contributed by atoms with van der Waals surface area (Å²) in [5.74, 6) is 0.167. The molecule has 1 unspecified atom stereocenters. The molecule has 28 heavy (non-hydrogen) atoms. The molecule has 3 saturated heterocycles. The van der Waals surface area contributed by atoms with E-state index in [9.17, 15) is 4.79 Å². The molecule has 3 fully saturated rings. The molecular formula is C21H25N5O2. The van der Waals surface area contributed by atoms with Gasteiger partial charge >= 0.3 is 0 Å². The first-order valence-electron chi connectivity index (χ1n) is 9.95. The van der Waals surface area contributed by atoms with Gasteiger partial charge in [-0.3, -0.25) is 19.7 Å². The number of rotatable bonds is 3. The Kier molecular flexibility index (Phi) is 4.49. The first-order valence-corrected chi connectivity index (χ1v) is 9.95. The van der Waals surface area contributed by atoms with Crippen molar-refractivity contribution in [2.75, 3.05) is 37.6 Å². The average Bonchev–Trinajstić information content (AvgIpc) is 3.08. The highest BCUT2D eigenvalue weighted by molar-refractivity contribution is 5.79. The second-order valence-electron chi connectivity index (χ2n) is 7.96. The van der Waals surface area contributed by atoms with Gasteiger partial charge in [0.25, 0.3) is 0 Å². The van der Waals surface area contributed by atoms with Crippen LogP contribution in [0, 0.1) is 0 Å². The molecule has 0 saturated carbocycles. The zero-order valence-corrected chi connectivity index (χ0v) is 15.9. The Bertz CT molecular complexity index is 823. The Morgan fingerprint density at radius 2 is 1.93 bits per heavy atom. The van der Waals surface area contributed by atoms with E-state index in [1.807, 2.05) is 35.5 Å². The van der Waals surface area contributed by atoms with E-state index in [0.717, 1.165) is 44.7 Å². The van der Waals surface area contributed by atoms with E-state index in [-0.39, 0.29) is 17.7 Å². The highest BCUT2D eigenvalue weighted by Crippen LogP contribution is 2.38. The maximum atomic E-state index is 12.8. The topological polar surface area (TPSA) is 61.8 Å². The molecule has 2 aromatic heterocycles. The summed E-state index contributed by atoms with van der Waals surface area (Å²) in [6, 6.07) is 10.0. The number of aromatic nitrogens is 2. The Morgan fingerprint density at radius 3 is 2.68 bits per heavy atom. The number of anilines is 1. The summed E-state index contributed by atoms with van der Waals surface area (Å²) in [5.41, 5.74) is 1.99. The van der Waals surface area contributed by atoms with Crippen molar-refractivity contribution < 1.29 is 9.53 Å². The third-order valence-electron chi connectivity index (χ3n) is 6.10. The van der Waals surface area contributed by atoms with Crippen LogP contribution in [0.2, 0.25) is 0 Å². The lowest BCUT2D eigenvalue weighted by Crippen LogP contribution is -2.53. The molecule has 3 aliphatic rings. The highest BCUT2D eigenvalue weighted by atomic mass is 16.5. The van der Waals surface area contributed by atoms with Crippen LogP contribution in [0.5, 0.6) is 0 Å². The lowest BCUT2D eigenvalue weighted by Gasteiger charge is -2.39. The number of nitrogens with zero attached hydrogens (tertiary/aromatic N) is 5. The van der Waals surface area contributed by atoms with Crippen molar-refractivity contribution in [3.8, 4) is 0 Å². The fraction of sp³-hybridized carbons (Fsp3) is 0.476. The van der Waals surface area contributed by atoms with Gasteiger partial charge in [-0.25, -0.2) is 0 Å². The van der Waals surface area contributed by atoms with Crippen molar-refractivity contribution in [1.82, 2.24) is 19.8 Å². The van der Waals surface area contributed by atoms with Crippen LogP contribution in [0.25, 0.3) is 0 Å². The summed E-state index contributed by atoms with van der Waals surface area (Å²) in [7, 11) is 0. The second-order valence-corrected chi connectivity index (χ2v) is 7.96. The molecule has 0 N–H and O–H groups in total. The summed E-state index contributed by atoms with van der Waals surface area (Å²) in [6.45, 7) is 4.47. The van der Waals surface area contributed by atoms with Crippen LogP contribution in [0.15, 0.2) is 48.9 Å². The second kappa shape index (κ2) is 7.14. The number of carbonyl (C=O) groups is 1. The van der Waals surface area contributed by atoms with Gasteiger partial charge in [-0.1, -0.05) is 6.07 Å². The maximum absolute atomic E-state index is 12.8. The summed E-state index contributed by atoms with van der Waals surface area (Å²) in [5, 5.41) is 0. The molecule has 2 aromatic rings. The van der Waals surface area contributed by atoms with Crippen LogP contribution in [0.3, 0.4) is 0 Å². The zero-order valence-electron chi connectivity index (χ0n) is 15.9. The van der Waals surface area contributed by atoms with E-state index in [2.05, 4.69) is 31.9 Å². The molecule has 7 heteroatoms. The number of piperidine rings is 1. The van der Waals surface area contributed by atoms with Crippen molar-refractivity contribution in [2.45, 2.75) is 31.2 Å². The summed E-state index contributed by atoms with van der Waals surface area (Å²) in [4.78, 5) is 27.7. The molecule has 3 aliphatic heterocycles. The minimum Gasteiger partial charge on any atom is -0.371 e. The van der Waals surface area contributed by atoms with E-state index >= 15 is 0 Å². The third-order valence-corrected chi connectivity index (χ3v) is 6.10. The van der Waals surface area contributed by atoms with Crippen molar-refractivity contribution in [2.24, 2.45) is 0 Å². The Labute approximate surface area is 164 Å². The monoisotopic (exact) mass is 379 g/mol. The number of piperazine rings is 1. The lowest BCUT2D eigenvalue weighted by atomic mass is 9.91. The van der Waals surface area contributed by atoms with Gasteiger partial charge in [-0.2, -0.15) is 0 Å². The smallest absolute Gasteiger partial charge is 0.238 e. The standard InChI is InChI=1S/C21H25N5O2/c27-19-14-24(13-17-3-1-2-8-23-17)15-20-26(19)16-21(28-20)6-11-25(12-7-21)18-4-9-22-10-5-18/h1-5,8-10,20H,6-7,11-16H2. The number of pyridine rings is 2. The van der Waals surface area contributed by atoms with E-state index in [1.165, 1.54) is 5.69 Å². The van der Waals surface area contributed by atoms with E-state index in [4.69, 9.17) is 4.74 Å². The van der Waals surface area contributed by atoms with Gasteiger partial charge in [0.05, 0.1) is 24.4 Å². The molecule has 0 aromatic carbocycles. The van der Waals surface area contributed by atoms with Gasteiger partial charge in [-0.05, 0) is 37.1 Å². The normalized spacial score (nSPS) is 24.6. The molecule has 146 valence electrons. The van der Waals surface area contributed by atoms with E-state index in [1.54, 1.807) is 6.20 Å². The highest BCUT2D eigenvalue weighted by Gasteiger charge is 2.50. The predicted octanol–water partition coefficient (Wildman–Crippen LogP) is 1.52. The van der Waals surface area contributed by atoms with Crippen molar-refractivity contribution in [1.29, 1.82) is 0 Å². The van der Waals surface area contributed by atoms with Crippen LogP contribution in [0.1, 0.15) is 18.5 Å². The Balaban J connectivity index is 1.23. The van der Waals surface area contributed by atoms with Crippen LogP contribution in [-0.2, 0) is 16.1 Å². The average molecular weight is 379 g/mol. The first kappa shape index (κ1) is 17.6. The first-order chi connectivity index (χ1) is 13.7. The quantitative estimate of drug-likeness (QED) is 0.806. The number of ether oxygens (including phenoxy) is 1. The number of hydrogen-bond acceptors (Lipinski definition) is 6. The fourth-order valence-electron chi connectivity index (χ4n) is 4.60. The van der Waals surface area contributed by atoms with Crippen molar-refractivity contribution in [3.05, 3.63) is 54.6 Å². The summed E-state index contributed by atoms with van der Waals surface area (Å²) in [6.07, 6.45) is 7.20. The molecule has 7 nitrogen and oxygen atoms in total. The molecule has 5 rings (SSSR count). The van der Waals surface area contributed by atoms with Gasteiger partial charge in [0.2, 0.25) is 5.91 Å². The van der Waals surface area contributed by atoms with Gasteiger partial charge in [0, 0.05) is 50.5 Å². The minimum absolute atomic E-state index is 0.141. The molecule has 1 atom stereocenters. The Hall–Kier alpha value is -2.51. The number of carbonyl (C=O) groups excluding carboxylic acids is 1. The lowest BCUT2D eigenvalue weighted by molar-refractivity contribution is -0.149. The van der Waals surface area contributed by atoms with Crippen molar-refractivity contribution in [3.63, 3.8) is 0 Å². The molecule has 1 spiro atoms. The molecule has 0 bridgehead atoms. The number of amides is 1. The van der Waals surface area contributed by atoms with Crippen molar-refractivity contribution >= 4 is 11.6 Å². The largest absolute Gasteiger partial charge is 0.371 e. The maximum Gasteiger partial charge on any atom is 0.238 e. The Morgan fingerprint density at radius 1 is 1.11 bits per heavy atom. The molecule has 1 amide bonds. The van der Waals surface area contributed by atoms with Crippen LogP contribution in [-0.4, -0.2) is 70.2 Å². The molecular weight excluding hydrogens is 354 g/mol. The predicted molar refractivity (Wildman–Crippen MR) is 105 cm³/mol. The molecule has 0 aliphatic carbocycles. The van der Waals surface area contributed by atoms with Gasteiger partial charge < -0.3 is 14.5 Å². The van der Waals surface area contributed by atoms with Gasteiger partial charge in [0.1, 0.15) is 6.23 Å². The van der Waals surface area contributed by atoms with E-state index < -0.39 is 0 Å².